The Morgan fingerprint density at radius 3 is 2.93 bits per heavy atom. The van der Waals surface area contributed by atoms with Crippen molar-refractivity contribution in [3.63, 3.8) is 0 Å². The van der Waals surface area contributed by atoms with Gasteiger partial charge in [-0.15, -0.1) is 0 Å². The van der Waals surface area contributed by atoms with Crippen LogP contribution >= 0.6 is 0 Å². The van der Waals surface area contributed by atoms with Crippen molar-refractivity contribution >= 4 is 16.9 Å². The molecular formula is C21H24N4O3. The number of carboxylic acid groups (broad SMARTS) is 1. The summed E-state index contributed by atoms with van der Waals surface area (Å²) < 4.78 is 1.98. The van der Waals surface area contributed by atoms with Gasteiger partial charge in [0.1, 0.15) is 0 Å². The molecule has 0 fully saturated rings. The molecule has 146 valence electrons. The fourth-order valence-corrected chi connectivity index (χ4v) is 3.81. The maximum Gasteiger partial charge on any atom is 0.303 e. The lowest BCUT2D eigenvalue weighted by Gasteiger charge is -2.19. The Hall–Kier alpha value is -2.93. The van der Waals surface area contributed by atoms with E-state index in [1.54, 1.807) is 0 Å². The Kier molecular flexibility index (Phi) is 5.00. The van der Waals surface area contributed by atoms with Crippen LogP contribution in [-0.2, 0) is 30.8 Å². The van der Waals surface area contributed by atoms with E-state index in [1.165, 1.54) is 0 Å². The maximum atomic E-state index is 12.5. The Bertz CT molecular complexity index is 1080. The number of aliphatic carboxylic acids is 1. The summed E-state index contributed by atoms with van der Waals surface area (Å²) in [4.78, 5) is 28.6. The molecule has 0 aliphatic carbocycles. The first-order valence-corrected chi connectivity index (χ1v) is 9.60. The predicted octanol–water partition coefficient (Wildman–Crippen LogP) is 2.46. The van der Waals surface area contributed by atoms with Crippen molar-refractivity contribution < 1.29 is 9.90 Å². The minimum atomic E-state index is -0.810. The second-order valence-corrected chi connectivity index (χ2v) is 7.52. The number of pyridine rings is 1. The van der Waals surface area contributed by atoms with E-state index in [0.29, 0.717) is 19.5 Å². The van der Waals surface area contributed by atoms with Gasteiger partial charge in [0, 0.05) is 43.7 Å². The van der Waals surface area contributed by atoms with Gasteiger partial charge >= 0.3 is 5.97 Å². The van der Waals surface area contributed by atoms with Gasteiger partial charge in [0.25, 0.3) is 5.56 Å². The summed E-state index contributed by atoms with van der Waals surface area (Å²) >= 11 is 0. The number of hydrogen-bond donors (Lipinski definition) is 2. The third-order valence-electron chi connectivity index (χ3n) is 5.21. The number of carbonyl (C=O) groups is 1. The first-order chi connectivity index (χ1) is 13.5. The summed E-state index contributed by atoms with van der Waals surface area (Å²) in [6.45, 7) is 5.02. The lowest BCUT2D eigenvalue weighted by atomic mass is 10.1. The van der Waals surface area contributed by atoms with Crippen molar-refractivity contribution in [1.82, 2.24) is 19.7 Å². The Balaban J connectivity index is 1.54. The van der Waals surface area contributed by atoms with Crippen molar-refractivity contribution in [2.45, 2.75) is 45.8 Å². The molecule has 0 saturated heterocycles. The lowest BCUT2D eigenvalue weighted by Crippen LogP contribution is -2.26. The molecule has 1 aromatic carbocycles. The summed E-state index contributed by atoms with van der Waals surface area (Å²) in [5.41, 5.74) is 4.63. The Morgan fingerprint density at radius 1 is 1.25 bits per heavy atom. The zero-order chi connectivity index (χ0) is 19.7. The molecule has 0 unspecified atom stereocenters. The van der Waals surface area contributed by atoms with Gasteiger partial charge in [-0.1, -0.05) is 11.6 Å². The fourth-order valence-electron chi connectivity index (χ4n) is 3.81. The van der Waals surface area contributed by atoms with E-state index >= 15 is 0 Å². The molecule has 0 amide bonds. The van der Waals surface area contributed by atoms with Gasteiger partial charge in [-0.2, -0.15) is 5.10 Å². The first kappa shape index (κ1) is 18.4. The summed E-state index contributed by atoms with van der Waals surface area (Å²) in [6.07, 6.45) is 1.47. The second kappa shape index (κ2) is 7.59. The predicted molar refractivity (Wildman–Crippen MR) is 106 cm³/mol. The van der Waals surface area contributed by atoms with Gasteiger partial charge in [0.2, 0.25) is 0 Å². The second-order valence-electron chi connectivity index (χ2n) is 7.52. The summed E-state index contributed by atoms with van der Waals surface area (Å²) in [7, 11) is 0. The summed E-state index contributed by atoms with van der Waals surface area (Å²) in [5, 5.41) is 14.5. The van der Waals surface area contributed by atoms with Gasteiger partial charge in [-0.3, -0.25) is 19.2 Å². The number of carboxylic acids is 1. The van der Waals surface area contributed by atoms with Crippen LogP contribution in [0.5, 0.6) is 0 Å². The average Bonchev–Trinajstić information content (AvgIpc) is 2.93. The Morgan fingerprint density at radius 2 is 2.11 bits per heavy atom. The van der Waals surface area contributed by atoms with Crippen LogP contribution in [0, 0.1) is 6.92 Å². The average molecular weight is 380 g/mol. The number of benzene rings is 1. The van der Waals surface area contributed by atoms with Crippen LogP contribution in [0.25, 0.3) is 10.9 Å². The highest BCUT2D eigenvalue weighted by Gasteiger charge is 2.18. The van der Waals surface area contributed by atoms with Gasteiger partial charge in [0.05, 0.1) is 17.8 Å². The number of hydrogen-bond acceptors (Lipinski definition) is 4. The molecule has 2 aromatic heterocycles. The molecule has 0 saturated carbocycles. The molecule has 0 atom stereocenters. The molecule has 3 heterocycles. The molecule has 2 N–H and O–H groups in total. The molecule has 7 nitrogen and oxygen atoms in total. The number of aromatic amines is 1. The smallest absolute Gasteiger partial charge is 0.303 e. The monoisotopic (exact) mass is 380 g/mol. The van der Waals surface area contributed by atoms with Crippen molar-refractivity contribution in [2.75, 3.05) is 6.54 Å². The zero-order valence-corrected chi connectivity index (χ0v) is 15.9. The summed E-state index contributed by atoms with van der Waals surface area (Å²) in [6, 6.07) is 10.0. The van der Waals surface area contributed by atoms with Crippen LogP contribution < -0.4 is 5.56 Å². The van der Waals surface area contributed by atoms with Crippen molar-refractivity contribution in [2.24, 2.45) is 0 Å². The van der Waals surface area contributed by atoms with Crippen molar-refractivity contribution in [3.8, 4) is 0 Å². The van der Waals surface area contributed by atoms with Gasteiger partial charge in [0.15, 0.2) is 0 Å². The molecule has 7 heteroatoms. The standard InChI is InChI=1S/C21H24N4O3/c1-14-3-5-19-15(9-14)10-16(21(28)22-19)12-24-7-2-8-25-18(13-24)11-17(23-25)4-6-20(26)27/h3,5,9-11H,2,4,6-8,12-13H2,1H3,(H,22,28)(H,26,27). The first-order valence-electron chi connectivity index (χ1n) is 9.60. The topological polar surface area (TPSA) is 91.2 Å². The maximum absolute atomic E-state index is 12.5. The number of H-pyrrole nitrogens is 1. The third-order valence-corrected chi connectivity index (χ3v) is 5.21. The number of aromatic nitrogens is 3. The Labute approximate surface area is 162 Å². The molecular weight excluding hydrogens is 356 g/mol. The highest BCUT2D eigenvalue weighted by molar-refractivity contribution is 5.79. The number of aryl methyl sites for hydroxylation is 3. The minimum absolute atomic E-state index is 0.0451. The molecule has 0 spiro atoms. The van der Waals surface area contributed by atoms with Crippen molar-refractivity contribution in [1.29, 1.82) is 0 Å². The molecule has 0 radical (unpaired) electrons. The molecule has 0 bridgehead atoms. The van der Waals surface area contributed by atoms with Crippen LogP contribution in [-0.4, -0.2) is 37.3 Å². The molecule has 1 aliphatic heterocycles. The summed E-state index contributed by atoms with van der Waals surface area (Å²) in [5.74, 6) is -0.810. The van der Waals surface area contributed by atoms with Crippen LogP contribution in [0.4, 0.5) is 0 Å². The minimum Gasteiger partial charge on any atom is -0.481 e. The molecule has 1 aliphatic rings. The van der Waals surface area contributed by atoms with Crippen LogP contribution in [0.15, 0.2) is 35.1 Å². The normalized spacial score (nSPS) is 14.8. The van der Waals surface area contributed by atoms with Gasteiger partial charge in [-0.05, 0) is 43.0 Å². The zero-order valence-electron chi connectivity index (χ0n) is 15.9. The highest BCUT2D eigenvalue weighted by atomic mass is 16.4. The largest absolute Gasteiger partial charge is 0.481 e. The van der Waals surface area contributed by atoms with E-state index < -0.39 is 5.97 Å². The highest BCUT2D eigenvalue weighted by Crippen LogP contribution is 2.18. The van der Waals surface area contributed by atoms with E-state index in [9.17, 15) is 9.59 Å². The van der Waals surface area contributed by atoms with Crippen LogP contribution in [0.1, 0.15) is 35.4 Å². The molecule has 4 rings (SSSR count). The number of nitrogens with zero attached hydrogens (tertiary/aromatic N) is 3. The van der Waals surface area contributed by atoms with Crippen LogP contribution in [0.3, 0.4) is 0 Å². The van der Waals surface area contributed by atoms with Crippen LogP contribution in [0.2, 0.25) is 0 Å². The van der Waals surface area contributed by atoms with Gasteiger partial charge < -0.3 is 10.1 Å². The van der Waals surface area contributed by atoms with E-state index in [-0.39, 0.29) is 12.0 Å². The third kappa shape index (κ3) is 3.99. The van der Waals surface area contributed by atoms with E-state index in [2.05, 4.69) is 21.0 Å². The van der Waals surface area contributed by atoms with E-state index in [0.717, 1.165) is 52.9 Å². The van der Waals surface area contributed by atoms with Crippen molar-refractivity contribution in [3.05, 3.63) is 63.2 Å². The quantitative estimate of drug-likeness (QED) is 0.709. The fraction of sp³-hybridized carbons (Fsp3) is 0.381. The van der Waals surface area contributed by atoms with E-state index in [4.69, 9.17) is 5.11 Å². The molecule has 3 aromatic rings. The number of nitrogens with one attached hydrogen (secondary N) is 1. The number of rotatable bonds is 5. The SMILES string of the molecule is Cc1ccc2[nH]c(=O)c(CN3CCCn4nc(CCC(=O)O)cc4C3)cc2c1. The number of fused-ring (bicyclic) bond motifs is 2. The van der Waals surface area contributed by atoms with E-state index in [1.807, 2.05) is 35.9 Å². The lowest BCUT2D eigenvalue weighted by molar-refractivity contribution is -0.136. The van der Waals surface area contributed by atoms with Gasteiger partial charge in [-0.25, -0.2) is 0 Å². The molecule has 28 heavy (non-hydrogen) atoms.